The smallest absolute Gasteiger partial charge is 0.358 e. The summed E-state index contributed by atoms with van der Waals surface area (Å²) in [6.07, 6.45) is 0.238. The molecule has 0 aliphatic rings. The molecule has 0 aromatic carbocycles. The lowest BCUT2D eigenvalue weighted by Gasteiger charge is -2.05. The van der Waals surface area contributed by atoms with Crippen molar-refractivity contribution in [2.75, 3.05) is 11.9 Å². The van der Waals surface area contributed by atoms with Crippen LogP contribution in [0.25, 0.3) is 0 Å². The highest BCUT2D eigenvalue weighted by atomic mass is 16.4. The molecule has 4 N–H and O–H groups in total. The van der Waals surface area contributed by atoms with Crippen LogP contribution in [-0.4, -0.2) is 48.7 Å². The number of aromatic carboxylic acids is 1. The summed E-state index contributed by atoms with van der Waals surface area (Å²) >= 11 is 0. The lowest BCUT2D eigenvalue weighted by Crippen LogP contribution is -2.22. The number of amides is 1. The van der Waals surface area contributed by atoms with Gasteiger partial charge in [-0.25, -0.2) is 9.48 Å². The van der Waals surface area contributed by atoms with E-state index in [0.29, 0.717) is 5.89 Å². The van der Waals surface area contributed by atoms with Crippen molar-refractivity contribution >= 4 is 17.9 Å². The SMILES string of the molecule is Cc1nnc(NC(=O)Cn2nnc(C(=O)O)c2CCN)o1. The van der Waals surface area contributed by atoms with Crippen molar-refractivity contribution in [3.63, 3.8) is 0 Å². The van der Waals surface area contributed by atoms with Gasteiger partial charge in [-0.3, -0.25) is 10.1 Å². The van der Waals surface area contributed by atoms with E-state index in [1.165, 1.54) is 4.68 Å². The van der Waals surface area contributed by atoms with Gasteiger partial charge in [0, 0.05) is 13.3 Å². The quantitative estimate of drug-likeness (QED) is 0.594. The Hall–Kier alpha value is -2.82. The van der Waals surface area contributed by atoms with E-state index in [9.17, 15) is 9.59 Å². The standard InChI is InChI=1S/C10H13N7O4/c1-5-13-15-10(21-5)12-7(18)4-17-6(2-3-11)8(9(19)20)14-16-17/h2-4,11H2,1H3,(H,19,20)(H,12,15,18). The summed E-state index contributed by atoms with van der Waals surface area (Å²) in [7, 11) is 0. The molecule has 2 rings (SSSR count). The van der Waals surface area contributed by atoms with Crippen molar-refractivity contribution < 1.29 is 19.1 Å². The van der Waals surface area contributed by atoms with E-state index >= 15 is 0 Å². The van der Waals surface area contributed by atoms with E-state index < -0.39 is 11.9 Å². The Morgan fingerprint density at radius 1 is 1.38 bits per heavy atom. The summed E-state index contributed by atoms with van der Waals surface area (Å²) in [4.78, 5) is 22.8. The van der Waals surface area contributed by atoms with Crippen molar-refractivity contribution in [3.8, 4) is 0 Å². The van der Waals surface area contributed by atoms with E-state index in [1.807, 2.05) is 0 Å². The lowest BCUT2D eigenvalue weighted by atomic mass is 10.2. The molecule has 2 aromatic heterocycles. The Morgan fingerprint density at radius 2 is 2.14 bits per heavy atom. The van der Waals surface area contributed by atoms with Crippen LogP contribution in [0.5, 0.6) is 0 Å². The van der Waals surface area contributed by atoms with E-state index in [0.717, 1.165) is 0 Å². The van der Waals surface area contributed by atoms with Gasteiger partial charge in [0.05, 0.1) is 5.69 Å². The number of hydrogen-bond donors (Lipinski definition) is 3. The molecule has 0 saturated carbocycles. The fraction of sp³-hybridized carbons (Fsp3) is 0.400. The van der Waals surface area contributed by atoms with Crippen molar-refractivity contribution in [3.05, 3.63) is 17.3 Å². The van der Waals surface area contributed by atoms with Crippen molar-refractivity contribution in [1.29, 1.82) is 0 Å². The Morgan fingerprint density at radius 3 is 2.71 bits per heavy atom. The van der Waals surface area contributed by atoms with Crippen LogP contribution in [0.3, 0.4) is 0 Å². The van der Waals surface area contributed by atoms with Gasteiger partial charge in [0.25, 0.3) is 0 Å². The first-order chi connectivity index (χ1) is 10.0. The monoisotopic (exact) mass is 295 g/mol. The van der Waals surface area contributed by atoms with Gasteiger partial charge in [-0.15, -0.1) is 10.2 Å². The number of hydrogen-bond acceptors (Lipinski definition) is 8. The molecular weight excluding hydrogens is 282 g/mol. The third kappa shape index (κ3) is 3.39. The second-order valence-electron chi connectivity index (χ2n) is 4.06. The fourth-order valence-corrected chi connectivity index (χ4v) is 1.65. The van der Waals surface area contributed by atoms with Gasteiger partial charge >= 0.3 is 12.0 Å². The average Bonchev–Trinajstić information content (AvgIpc) is 2.97. The van der Waals surface area contributed by atoms with Gasteiger partial charge in [0.15, 0.2) is 5.69 Å². The minimum atomic E-state index is -1.22. The van der Waals surface area contributed by atoms with Gasteiger partial charge in [-0.05, 0) is 6.54 Å². The molecule has 0 atom stereocenters. The van der Waals surface area contributed by atoms with Gasteiger partial charge in [-0.2, -0.15) is 0 Å². The summed E-state index contributed by atoms with van der Waals surface area (Å²) in [6, 6.07) is -0.0450. The zero-order chi connectivity index (χ0) is 15.4. The molecule has 2 aromatic rings. The molecule has 0 radical (unpaired) electrons. The number of aryl methyl sites for hydroxylation is 1. The van der Waals surface area contributed by atoms with Gasteiger partial charge in [-0.1, -0.05) is 10.3 Å². The van der Waals surface area contributed by atoms with Crippen LogP contribution in [0.2, 0.25) is 0 Å². The largest absolute Gasteiger partial charge is 0.476 e. The third-order valence-electron chi connectivity index (χ3n) is 2.49. The number of anilines is 1. The molecule has 0 fully saturated rings. The highest BCUT2D eigenvalue weighted by molar-refractivity contribution is 5.89. The number of carbonyl (C=O) groups is 2. The maximum Gasteiger partial charge on any atom is 0.358 e. The van der Waals surface area contributed by atoms with Crippen LogP contribution in [0.1, 0.15) is 22.1 Å². The zero-order valence-corrected chi connectivity index (χ0v) is 11.1. The topological polar surface area (TPSA) is 162 Å². The van der Waals surface area contributed by atoms with Crippen LogP contribution in [0.15, 0.2) is 4.42 Å². The second-order valence-corrected chi connectivity index (χ2v) is 4.06. The summed E-state index contributed by atoms with van der Waals surface area (Å²) in [5, 5.41) is 25.7. The molecule has 1 amide bonds. The van der Waals surface area contributed by atoms with Gasteiger partial charge < -0.3 is 15.3 Å². The van der Waals surface area contributed by atoms with Crippen molar-refractivity contribution in [2.45, 2.75) is 19.9 Å². The highest BCUT2D eigenvalue weighted by Crippen LogP contribution is 2.08. The molecular formula is C10H13N7O4. The van der Waals surface area contributed by atoms with Gasteiger partial charge in [0.2, 0.25) is 11.8 Å². The molecule has 21 heavy (non-hydrogen) atoms. The predicted octanol–water partition coefficient (Wildman–Crippen LogP) is -1.19. The first-order valence-corrected chi connectivity index (χ1v) is 5.97. The highest BCUT2D eigenvalue weighted by Gasteiger charge is 2.20. The number of nitrogens with zero attached hydrogens (tertiary/aromatic N) is 5. The molecule has 11 heteroatoms. The summed E-state index contributed by atoms with van der Waals surface area (Å²) in [5.41, 5.74) is 5.48. The number of carboxylic acid groups (broad SMARTS) is 1. The lowest BCUT2D eigenvalue weighted by molar-refractivity contribution is -0.117. The summed E-state index contributed by atoms with van der Waals surface area (Å²) in [6.45, 7) is 1.55. The Bertz CT molecular complexity index is 662. The number of aromatic nitrogens is 5. The molecule has 0 unspecified atom stereocenters. The molecule has 0 aliphatic heterocycles. The maximum atomic E-state index is 11.8. The number of carboxylic acids is 1. The van der Waals surface area contributed by atoms with E-state index in [4.69, 9.17) is 15.3 Å². The fourth-order valence-electron chi connectivity index (χ4n) is 1.65. The van der Waals surface area contributed by atoms with Crippen molar-refractivity contribution in [1.82, 2.24) is 25.2 Å². The average molecular weight is 295 g/mol. The number of carbonyl (C=O) groups excluding carboxylic acids is 1. The summed E-state index contributed by atoms with van der Waals surface area (Å²) < 4.78 is 6.17. The number of nitrogens with two attached hydrogens (primary N) is 1. The van der Waals surface area contributed by atoms with Crippen LogP contribution in [0.4, 0.5) is 6.01 Å². The first kappa shape index (κ1) is 14.6. The first-order valence-electron chi connectivity index (χ1n) is 5.97. The minimum Gasteiger partial charge on any atom is -0.476 e. The molecule has 0 bridgehead atoms. The number of rotatable bonds is 6. The molecule has 2 heterocycles. The second kappa shape index (κ2) is 6.09. The minimum absolute atomic E-state index is 0.0450. The Labute approximate surface area is 118 Å². The van der Waals surface area contributed by atoms with Crippen LogP contribution in [0, 0.1) is 6.92 Å². The van der Waals surface area contributed by atoms with Crippen LogP contribution >= 0.6 is 0 Å². The predicted molar refractivity (Wildman–Crippen MR) is 67.4 cm³/mol. The number of nitrogens with one attached hydrogen (secondary N) is 1. The maximum absolute atomic E-state index is 11.8. The molecule has 0 spiro atoms. The molecule has 11 nitrogen and oxygen atoms in total. The van der Waals surface area contributed by atoms with E-state index in [2.05, 4.69) is 25.8 Å². The Balaban J connectivity index is 2.11. The van der Waals surface area contributed by atoms with Gasteiger partial charge in [0.1, 0.15) is 6.54 Å². The zero-order valence-electron chi connectivity index (χ0n) is 11.1. The molecule has 112 valence electrons. The molecule has 0 saturated heterocycles. The third-order valence-corrected chi connectivity index (χ3v) is 2.49. The van der Waals surface area contributed by atoms with Crippen LogP contribution in [-0.2, 0) is 17.8 Å². The van der Waals surface area contributed by atoms with E-state index in [1.54, 1.807) is 6.92 Å². The van der Waals surface area contributed by atoms with Crippen LogP contribution < -0.4 is 11.1 Å². The van der Waals surface area contributed by atoms with E-state index in [-0.39, 0.29) is 36.9 Å². The Kier molecular flexibility index (Phi) is 4.23. The normalized spacial score (nSPS) is 10.6. The summed E-state index contributed by atoms with van der Waals surface area (Å²) in [5.74, 6) is -1.42. The van der Waals surface area contributed by atoms with Crippen molar-refractivity contribution in [2.24, 2.45) is 5.73 Å². The molecule has 0 aliphatic carbocycles.